The number of fused-ring (bicyclic) bond motifs is 1. The van der Waals surface area contributed by atoms with Gasteiger partial charge in [-0.25, -0.2) is 4.39 Å². The maximum absolute atomic E-state index is 12.8. The summed E-state index contributed by atoms with van der Waals surface area (Å²) >= 11 is 0. The van der Waals surface area contributed by atoms with E-state index in [0.29, 0.717) is 6.42 Å². The summed E-state index contributed by atoms with van der Waals surface area (Å²) in [6.45, 7) is 0. The lowest BCUT2D eigenvalue weighted by Crippen LogP contribution is -1.77. The van der Waals surface area contributed by atoms with Gasteiger partial charge >= 0.3 is 0 Å². The van der Waals surface area contributed by atoms with E-state index in [1.807, 2.05) is 6.07 Å². The molecule has 64 valence electrons. The number of nitrogens with one attached hydrogen (secondary N) is 1. The Morgan fingerprint density at radius 2 is 2.23 bits per heavy atom. The van der Waals surface area contributed by atoms with Crippen LogP contribution in [0.5, 0.6) is 0 Å². The molecule has 1 heterocycles. The zero-order chi connectivity index (χ0) is 9.26. The van der Waals surface area contributed by atoms with Crippen molar-refractivity contribution < 1.29 is 4.39 Å². The fraction of sp³-hybridized carbons (Fsp3) is 0.0909. The fourth-order valence-corrected chi connectivity index (χ4v) is 1.37. The molecular weight excluding hydrogens is 165 g/mol. The Morgan fingerprint density at radius 1 is 1.38 bits per heavy atom. The van der Waals surface area contributed by atoms with Crippen molar-refractivity contribution in [3.63, 3.8) is 0 Å². The molecule has 2 aromatic rings. The number of benzene rings is 1. The topological polar surface area (TPSA) is 15.8 Å². The highest BCUT2D eigenvalue weighted by atomic mass is 19.1. The van der Waals surface area contributed by atoms with Crippen LogP contribution in [0.15, 0.2) is 24.3 Å². The number of rotatable bonds is 1. The molecule has 0 aliphatic carbocycles. The van der Waals surface area contributed by atoms with Crippen molar-refractivity contribution in [2.75, 3.05) is 0 Å². The molecule has 0 fully saturated rings. The summed E-state index contributed by atoms with van der Waals surface area (Å²) in [4.78, 5) is 3.11. The average molecular weight is 173 g/mol. The fourth-order valence-electron chi connectivity index (χ4n) is 1.37. The smallest absolute Gasteiger partial charge is 0.123 e. The number of hydrogen-bond donors (Lipinski definition) is 1. The van der Waals surface area contributed by atoms with Crippen LogP contribution in [0.3, 0.4) is 0 Å². The van der Waals surface area contributed by atoms with Crippen LogP contribution < -0.4 is 0 Å². The van der Waals surface area contributed by atoms with Crippen LogP contribution in [0.4, 0.5) is 4.39 Å². The lowest BCUT2D eigenvalue weighted by molar-refractivity contribution is 0.630. The van der Waals surface area contributed by atoms with Crippen molar-refractivity contribution in [1.82, 2.24) is 4.98 Å². The van der Waals surface area contributed by atoms with E-state index in [9.17, 15) is 4.39 Å². The molecule has 1 aromatic carbocycles. The van der Waals surface area contributed by atoms with E-state index >= 15 is 0 Å². The largest absolute Gasteiger partial charge is 0.358 e. The Hall–Kier alpha value is -1.75. The van der Waals surface area contributed by atoms with E-state index < -0.39 is 0 Å². The standard InChI is InChI=1S/C11H8FN/c1-2-3-10-7-8-6-9(12)4-5-11(8)13-10/h1,4-7,13H,3H2. The van der Waals surface area contributed by atoms with Crippen molar-refractivity contribution in [3.8, 4) is 12.3 Å². The van der Waals surface area contributed by atoms with Crippen LogP contribution in [-0.4, -0.2) is 4.98 Å². The highest BCUT2D eigenvalue weighted by Crippen LogP contribution is 2.16. The van der Waals surface area contributed by atoms with Crippen LogP contribution in [-0.2, 0) is 6.42 Å². The second-order valence-corrected chi connectivity index (χ2v) is 2.91. The van der Waals surface area contributed by atoms with Crippen LogP contribution in [0.2, 0.25) is 0 Å². The summed E-state index contributed by atoms with van der Waals surface area (Å²) in [7, 11) is 0. The summed E-state index contributed by atoms with van der Waals surface area (Å²) in [5.41, 5.74) is 1.87. The summed E-state index contributed by atoms with van der Waals surface area (Å²) < 4.78 is 12.8. The lowest BCUT2D eigenvalue weighted by atomic mass is 10.2. The molecule has 0 saturated heterocycles. The minimum Gasteiger partial charge on any atom is -0.358 e. The third kappa shape index (κ3) is 1.41. The maximum Gasteiger partial charge on any atom is 0.123 e. The van der Waals surface area contributed by atoms with Crippen molar-refractivity contribution in [2.24, 2.45) is 0 Å². The first-order chi connectivity index (χ1) is 6.29. The molecule has 0 saturated carbocycles. The van der Waals surface area contributed by atoms with E-state index in [1.54, 1.807) is 6.07 Å². The molecule has 0 unspecified atom stereocenters. The van der Waals surface area contributed by atoms with Gasteiger partial charge in [0, 0.05) is 23.0 Å². The van der Waals surface area contributed by atoms with Gasteiger partial charge in [0.05, 0.1) is 0 Å². The predicted molar refractivity (Wildman–Crippen MR) is 50.8 cm³/mol. The molecule has 0 amide bonds. The van der Waals surface area contributed by atoms with Crippen LogP contribution in [0.25, 0.3) is 10.9 Å². The zero-order valence-electron chi connectivity index (χ0n) is 6.97. The quantitative estimate of drug-likeness (QED) is 0.638. The molecule has 2 heteroatoms. The summed E-state index contributed by atoms with van der Waals surface area (Å²) in [5, 5.41) is 0.866. The highest BCUT2D eigenvalue weighted by Gasteiger charge is 1.99. The number of hydrogen-bond acceptors (Lipinski definition) is 0. The van der Waals surface area contributed by atoms with Gasteiger partial charge < -0.3 is 4.98 Å². The third-order valence-electron chi connectivity index (χ3n) is 1.93. The van der Waals surface area contributed by atoms with E-state index in [1.165, 1.54) is 12.1 Å². The summed E-state index contributed by atoms with van der Waals surface area (Å²) in [6, 6.07) is 6.51. The molecular formula is C11H8FN. The van der Waals surface area contributed by atoms with Gasteiger partial charge in [0.1, 0.15) is 5.82 Å². The third-order valence-corrected chi connectivity index (χ3v) is 1.93. The maximum atomic E-state index is 12.8. The zero-order valence-corrected chi connectivity index (χ0v) is 6.97. The molecule has 2 rings (SSSR count). The number of H-pyrrole nitrogens is 1. The predicted octanol–water partition coefficient (Wildman–Crippen LogP) is 2.48. The van der Waals surface area contributed by atoms with Gasteiger partial charge in [-0.15, -0.1) is 12.3 Å². The molecule has 13 heavy (non-hydrogen) atoms. The van der Waals surface area contributed by atoms with Gasteiger partial charge in [0.2, 0.25) is 0 Å². The van der Waals surface area contributed by atoms with E-state index in [-0.39, 0.29) is 5.82 Å². The summed E-state index contributed by atoms with van der Waals surface area (Å²) in [5.74, 6) is 2.31. The van der Waals surface area contributed by atoms with Gasteiger partial charge in [-0.05, 0) is 24.3 Å². The molecule has 0 aliphatic heterocycles. The molecule has 0 bridgehead atoms. The minimum atomic E-state index is -0.223. The average Bonchev–Trinajstić information content (AvgIpc) is 2.46. The number of aromatic amines is 1. The molecule has 1 aromatic heterocycles. The first-order valence-electron chi connectivity index (χ1n) is 4.00. The molecule has 0 atom stereocenters. The van der Waals surface area contributed by atoms with Gasteiger partial charge in [-0.3, -0.25) is 0 Å². The van der Waals surface area contributed by atoms with E-state index in [0.717, 1.165) is 16.6 Å². The Kier molecular flexibility index (Phi) is 1.79. The van der Waals surface area contributed by atoms with Crippen molar-refractivity contribution in [1.29, 1.82) is 0 Å². The Morgan fingerprint density at radius 3 is 3.00 bits per heavy atom. The Labute approximate surface area is 75.6 Å². The van der Waals surface area contributed by atoms with Gasteiger partial charge in [0.15, 0.2) is 0 Å². The molecule has 1 N–H and O–H groups in total. The van der Waals surface area contributed by atoms with E-state index in [2.05, 4.69) is 10.9 Å². The Bertz CT molecular complexity index is 476. The molecule has 1 nitrogen and oxygen atoms in total. The summed E-state index contributed by atoms with van der Waals surface area (Å²) in [6.07, 6.45) is 5.72. The lowest BCUT2D eigenvalue weighted by Gasteiger charge is -1.87. The monoisotopic (exact) mass is 173 g/mol. The molecule has 0 aliphatic rings. The van der Waals surface area contributed by atoms with E-state index in [4.69, 9.17) is 6.42 Å². The SMILES string of the molecule is C#CCc1cc2cc(F)ccc2[nH]1. The van der Waals surface area contributed by atoms with Crippen LogP contribution >= 0.6 is 0 Å². The van der Waals surface area contributed by atoms with Crippen LogP contribution in [0, 0.1) is 18.2 Å². The van der Waals surface area contributed by atoms with Gasteiger partial charge in [0.25, 0.3) is 0 Å². The minimum absolute atomic E-state index is 0.223. The van der Waals surface area contributed by atoms with Crippen LogP contribution in [0.1, 0.15) is 5.69 Å². The number of halogens is 1. The molecule has 0 radical (unpaired) electrons. The Balaban J connectivity index is 2.57. The van der Waals surface area contributed by atoms with Crippen molar-refractivity contribution in [2.45, 2.75) is 6.42 Å². The number of terminal acetylenes is 1. The van der Waals surface area contributed by atoms with Gasteiger partial charge in [-0.2, -0.15) is 0 Å². The first kappa shape index (κ1) is 7.88. The second kappa shape index (κ2) is 2.95. The van der Waals surface area contributed by atoms with Gasteiger partial charge in [-0.1, -0.05) is 0 Å². The number of aromatic nitrogens is 1. The highest BCUT2D eigenvalue weighted by molar-refractivity contribution is 5.80. The first-order valence-corrected chi connectivity index (χ1v) is 4.00. The second-order valence-electron chi connectivity index (χ2n) is 2.91. The van der Waals surface area contributed by atoms with Crippen molar-refractivity contribution >= 4 is 10.9 Å². The normalized spacial score (nSPS) is 10.2. The molecule has 0 spiro atoms. The van der Waals surface area contributed by atoms with Crippen molar-refractivity contribution in [3.05, 3.63) is 35.8 Å².